The van der Waals surface area contributed by atoms with E-state index in [1.807, 2.05) is 12.1 Å². The molecule has 4 rings (SSSR count). The third kappa shape index (κ3) is 1.54. The average Bonchev–Trinajstić information content (AvgIpc) is 2.55. The Morgan fingerprint density at radius 2 is 2.21 bits per heavy atom. The zero-order chi connectivity index (χ0) is 13.0. The summed E-state index contributed by atoms with van der Waals surface area (Å²) in [6.07, 6.45) is 5.21. The lowest BCUT2D eigenvalue weighted by atomic mass is 9.77. The number of nitrogens with two attached hydrogens (primary N) is 1. The minimum atomic E-state index is 0.0425. The maximum Gasteiger partial charge on any atom is 0.145 e. The number of nitrogen functional groups attached to an aromatic ring is 1. The molecule has 5 heteroatoms. The zero-order valence-corrected chi connectivity index (χ0v) is 12.0. The highest BCUT2D eigenvalue weighted by Gasteiger charge is 2.40. The highest BCUT2D eigenvalue weighted by atomic mass is 79.9. The Hall–Kier alpha value is -1.49. The van der Waals surface area contributed by atoms with Gasteiger partial charge in [0.15, 0.2) is 0 Å². The van der Waals surface area contributed by atoms with E-state index in [0.29, 0.717) is 12.3 Å². The molecule has 1 spiro atoms. The first-order valence-electron chi connectivity index (χ1n) is 6.46. The van der Waals surface area contributed by atoms with Crippen LogP contribution < -0.4 is 15.8 Å². The Balaban J connectivity index is 2.02. The first-order valence-corrected chi connectivity index (χ1v) is 7.26. The van der Waals surface area contributed by atoms with Gasteiger partial charge >= 0.3 is 0 Å². The van der Waals surface area contributed by atoms with Crippen LogP contribution in [0.1, 0.15) is 19.3 Å². The third-order valence-electron chi connectivity index (χ3n) is 4.16. The largest absolute Gasteiger partial charge is 0.489 e. The molecule has 3 N–H and O–H groups in total. The Morgan fingerprint density at radius 1 is 1.37 bits per heavy atom. The van der Waals surface area contributed by atoms with Gasteiger partial charge in [-0.15, -0.1) is 0 Å². The van der Waals surface area contributed by atoms with E-state index in [4.69, 9.17) is 10.5 Å². The number of benzene rings is 1. The Kier molecular flexibility index (Phi) is 2.24. The fourth-order valence-corrected chi connectivity index (χ4v) is 3.35. The molecule has 1 aromatic heterocycles. The van der Waals surface area contributed by atoms with Crippen molar-refractivity contribution in [1.29, 1.82) is 0 Å². The van der Waals surface area contributed by atoms with Crippen molar-refractivity contribution in [3.8, 4) is 5.75 Å². The van der Waals surface area contributed by atoms with Crippen LogP contribution in [-0.4, -0.2) is 17.1 Å². The first-order chi connectivity index (χ1) is 9.19. The van der Waals surface area contributed by atoms with Crippen LogP contribution in [0.3, 0.4) is 0 Å². The van der Waals surface area contributed by atoms with Gasteiger partial charge in [-0.25, -0.2) is 0 Å². The number of nitrogens with zero attached hydrogens (tertiary/aromatic N) is 1. The van der Waals surface area contributed by atoms with Crippen LogP contribution in [0.2, 0.25) is 0 Å². The number of hydrogen-bond acceptors (Lipinski definition) is 4. The molecular formula is C14H14BrN3O. The molecule has 0 unspecified atom stereocenters. The predicted octanol–water partition coefficient (Wildman–Crippen LogP) is 3.31. The van der Waals surface area contributed by atoms with Crippen molar-refractivity contribution in [3.63, 3.8) is 0 Å². The molecular weight excluding hydrogens is 306 g/mol. The molecule has 0 saturated heterocycles. The Morgan fingerprint density at radius 3 is 2.95 bits per heavy atom. The molecule has 1 fully saturated rings. The van der Waals surface area contributed by atoms with Gasteiger partial charge in [0.05, 0.1) is 38.5 Å². The minimum absolute atomic E-state index is 0.0425. The number of hydrogen-bond donors (Lipinski definition) is 2. The van der Waals surface area contributed by atoms with Gasteiger partial charge in [0, 0.05) is 0 Å². The quantitative estimate of drug-likeness (QED) is 0.782. The van der Waals surface area contributed by atoms with E-state index in [1.54, 1.807) is 6.20 Å². The van der Waals surface area contributed by atoms with Crippen molar-refractivity contribution in [2.45, 2.75) is 24.8 Å². The maximum absolute atomic E-state index is 6.12. The molecule has 19 heavy (non-hydrogen) atoms. The lowest BCUT2D eigenvalue weighted by Gasteiger charge is -2.41. The zero-order valence-electron chi connectivity index (χ0n) is 10.4. The molecule has 0 atom stereocenters. The molecule has 1 aliphatic heterocycles. The van der Waals surface area contributed by atoms with Crippen LogP contribution in [0.25, 0.3) is 10.9 Å². The molecule has 0 bridgehead atoms. The molecule has 2 aromatic rings. The Bertz CT molecular complexity index is 677. The lowest BCUT2D eigenvalue weighted by Crippen LogP contribution is -2.49. The summed E-state index contributed by atoms with van der Waals surface area (Å²) < 4.78 is 7.01. The Labute approximate surface area is 119 Å². The number of nitrogens with one attached hydrogen (secondary N) is 1. The van der Waals surface area contributed by atoms with E-state index in [0.717, 1.165) is 39.7 Å². The predicted molar refractivity (Wildman–Crippen MR) is 79.6 cm³/mol. The molecule has 0 radical (unpaired) electrons. The monoisotopic (exact) mass is 319 g/mol. The summed E-state index contributed by atoms with van der Waals surface area (Å²) in [6.45, 7) is 0.679. The highest BCUT2D eigenvalue weighted by molar-refractivity contribution is 9.10. The highest BCUT2D eigenvalue weighted by Crippen LogP contribution is 2.47. The molecule has 1 saturated carbocycles. The van der Waals surface area contributed by atoms with E-state index < -0.39 is 0 Å². The molecule has 1 aliphatic carbocycles. The van der Waals surface area contributed by atoms with Crippen LogP contribution in [0, 0.1) is 0 Å². The van der Waals surface area contributed by atoms with Crippen LogP contribution >= 0.6 is 15.9 Å². The summed E-state index contributed by atoms with van der Waals surface area (Å²) in [5.41, 5.74) is 8.73. The topological polar surface area (TPSA) is 60.2 Å². The van der Waals surface area contributed by atoms with Crippen LogP contribution in [-0.2, 0) is 0 Å². The molecule has 0 amide bonds. The summed E-state index contributed by atoms with van der Waals surface area (Å²) in [5, 5.41) is 4.61. The summed E-state index contributed by atoms with van der Waals surface area (Å²) in [5.74, 6) is 0.851. The first kappa shape index (κ1) is 11.3. The SMILES string of the molecule is Nc1cnc2ccc(Br)c3c2c1NC1(CCC1)CO3. The van der Waals surface area contributed by atoms with Crippen LogP contribution in [0.15, 0.2) is 22.8 Å². The minimum Gasteiger partial charge on any atom is -0.489 e. The van der Waals surface area contributed by atoms with E-state index in [-0.39, 0.29) is 5.54 Å². The van der Waals surface area contributed by atoms with Crippen molar-refractivity contribution in [2.75, 3.05) is 17.7 Å². The lowest BCUT2D eigenvalue weighted by molar-refractivity contribution is 0.164. The van der Waals surface area contributed by atoms with Gasteiger partial charge in [-0.05, 0) is 47.3 Å². The van der Waals surface area contributed by atoms with Gasteiger partial charge in [0.2, 0.25) is 0 Å². The van der Waals surface area contributed by atoms with E-state index in [9.17, 15) is 0 Å². The molecule has 1 aromatic carbocycles. The molecule has 4 nitrogen and oxygen atoms in total. The van der Waals surface area contributed by atoms with Crippen LogP contribution in [0.4, 0.5) is 11.4 Å². The van der Waals surface area contributed by atoms with E-state index >= 15 is 0 Å². The summed E-state index contributed by atoms with van der Waals surface area (Å²) in [7, 11) is 0. The fraction of sp³-hybridized carbons (Fsp3) is 0.357. The van der Waals surface area contributed by atoms with Gasteiger partial charge in [-0.2, -0.15) is 0 Å². The second-order valence-corrected chi connectivity index (χ2v) is 6.26. The van der Waals surface area contributed by atoms with E-state index in [1.165, 1.54) is 6.42 Å². The standard InChI is InChI=1S/C14H14BrN3O/c15-8-2-3-10-11-12(9(16)6-17-10)18-14(4-1-5-14)7-19-13(8)11/h2-3,6,18H,1,4-5,7,16H2. The maximum atomic E-state index is 6.12. The van der Waals surface area contributed by atoms with Crippen molar-refractivity contribution >= 4 is 38.2 Å². The molecule has 98 valence electrons. The summed E-state index contributed by atoms with van der Waals surface area (Å²) in [6, 6.07) is 3.96. The van der Waals surface area contributed by atoms with E-state index in [2.05, 4.69) is 26.2 Å². The van der Waals surface area contributed by atoms with Gasteiger partial charge in [-0.1, -0.05) is 0 Å². The van der Waals surface area contributed by atoms with Crippen molar-refractivity contribution in [1.82, 2.24) is 4.98 Å². The van der Waals surface area contributed by atoms with Crippen molar-refractivity contribution < 1.29 is 4.74 Å². The number of halogens is 1. The molecule has 2 aliphatic rings. The third-order valence-corrected chi connectivity index (χ3v) is 4.79. The average molecular weight is 320 g/mol. The number of anilines is 2. The number of pyridine rings is 1. The van der Waals surface area contributed by atoms with Crippen molar-refractivity contribution in [2.24, 2.45) is 0 Å². The summed E-state index contributed by atoms with van der Waals surface area (Å²) >= 11 is 3.56. The number of aromatic nitrogens is 1. The van der Waals surface area contributed by atoms with Gasteiger partial charge in [0.1, 0.15) is 12.4 Å². The fourth-order valence-electron chi connectivity index (χ4n) is 2.90. The van der Waals surface area contributed by atoms with Gasteiger partial charge in [-0.3, -0.25) is 4.98 Å². The number of ether oxygens (including phenoxy) is 1. The second kappa shape index (κ2) is 3.76. The van der Waals surface area contributed by atoms with Gasteiger partial charge in [0.25, 0.3) is 0 Å². The van der Waals surface area contributed by atoms with Crippen molar-refractivity contribution in [3.05, 3.63) is 22.8 Å². The van der Waals surface area contributed by atoms with Crippen LogP contribution in [0.5, 0.6) is 5.75 Å². The smallest absolute Gasteiger partial charge is 0.145 e. The van der Waals surface area contributed by atoms with Gasteiger partial charge < -0.3 is 15.8 Å². The second-order valence-electron chi connectivity index (χ2n) is 5.41. The normalized spacial score (nSPS) is 19.4. The summed E-state index contributed by atoms with van der Waals surface area (Å²) in [4.78, 5) is 4.39. The molecule has 2 heterocycles. The number of rotatable bonds is 0.